The van der Waals surface area contributed by atoms with Crippen LogP contribution in [0.5, 0.6) is 0 Å². The number of guanidine groups is 1. The fraction of sp³-hybridized carbons (Fsp3) is 0.333. The van der Waals surface area contributed by atoms with E-state index in [1.807, 2.05) is 12.5 Å². The van der Waals surface area contributed by atoms with Crippen LogP contribution in [0.3, 0.4) is 0 Å². The van der Waals surface area contributed by atoms with Crippen LogP contribution >= 0.6 is 0 Å². The number of aromatic nitrogens is 2. The first-order valence-electron chi connectivity index (χ1n) is 10.2. The Morgan fingerprint density at radius 3 is 2.55 bits per heavy atom. The van der Waals surface area contributed by atoms with Gasteiger partial charge in [-0.05, 0) is 23.6 Å². The Balaban J connectivity index is 1.63. The van der Waals surface area contributed by atoms with Crippen molar-refractivity contribution in [2.45, 2.75) is 39.3 Å². The molecule has 0 unspecified atom stereocenters. The minimum atomic E-state index is 0.0160. The van der Waals surface area contributed by atoms with Crippen molar-refractivity contribution in [3.8, 4) is 0 Å². The molecular weight excluding hydrogens is 358 g/mol. The van der Waals surface area contributed by atoms with Crippen LogP contribution in [0.1, 0.15) is 37.5 Å². The molecule has 3 aromatic rings. The van der Waals surface area contributed by atoms with Gasteiger partial charge >= 0.3 is 0 Å². The Labute approximate surface area is 173 Å². The molecule has 1 heterocycles. The molecule has 3 rings (SSSR count). The summed E-state index contributed by atoms with van der Waals surface area (Å²) in [4.78, 5) is 8.90. The third-order valence-corrected chi connectivity index (χ3v) is 4.93. The summed E-state index contributed by atoms with van der Waals surface area (Å²) in [6, 6.07) is 19.2. The lowest BCUT2D eigenvalue weighted by Crippen LogP contribution is -2.43. The van der Waals surface area contributed by atoms with Crippen LogP contribution < -0.4 is 10.6 Å². The van der Waals surface area contributed by atoms with Crippen molar-refractivity contribution in [3.63, 3.8) is 0 Å². The lowest BCUT2D eigenvalue weighted by Gasteiger charge is -2.26. The zero-order chi connectivity index (χ0) is 20.5. The number of hydrogen-bond acceptors (Lipinski definition) is 2. The summed E-state index contributed by atoms with van der Waals surface area (Å²) in [5.74, 6) is 0.844. The quantitative estimate of drug-likeness (QED) is 0.453. The van der Waals surface area contributed by atoms with E-state index in [0.29, 0.717) is 6.54 Å². The Hall–Kier alpha value is -3.08. The van der Waals surface area contributed by atoms with E-state index in [1.54, 1.807) is 6.20 Å². The molecule has 0 saturated carbocycles. The van der Waals surface area contributed by atoms with E-state index in [-0.39, 0.29) is 5.41 Å². The second-order valence-electron chi connectivity index (χ2n) is 7.85. The molecule has 5 heteroatoms. The van der Waals surface area contributed by atoms with Crippen LogP contribution in [0.25, 0.3) is 0 Å². The molecule has 0 fully saturated rings. The van der Waals surface area contributed by atoms with E-state index >= 15 is 0 Å². The summed E-state index contributed by atoms with van der Waals surface area (Å²) < 4.78 is 2.07. The van der Waals surface area contributed by atoms with E-state index < -0.39 is 0 Å². The van der Waals surface area contributed by atoms with E-state index in [1.165, 1.54) is 16.7 Å². The first-order valence-corrected chi connectivity index (χ1v) is 10.2. The van der Waals surface area contributed by atoms with Gasteiger partial charge in [-0.3, -0.25) is 0 Å². The summed E-state index contributed by atoms with van der Waals surface area (Å²) in [6.07, 6.45) is 5.62. The van der Waals surface area contributed by atoms with Crippen molar-refractivity contribution in [2.75, 3.05) is 13.1 Å². The van der Waals surface area contributed by atoms with Gasteiger partial charge in [0.25, 0.3) is 0 Å². The highest BCUT2D eigenvalue weighted by atomic mass is 15.2. The number of nitrogens with one attached hydrogen (secondary N) is 2. The topological polar surface area (TPSA) is 54.2 Å². The van der Waals surface area contributed by atoms with E-state index in [4.69, 9.17) is 4.99 Å². The number of benzene rings is 2. The van der Waals surface area contributed by atoms with Crippen molar-refractivity contribution in [3.05, 3.63) is 90.0 Å². The van der Waals surface area contributed by atoms with Gasteiger partial charge in [-0.2, -0.15) is 0 Å². The van der Waals surface area contributed by atoms with Gasteiger partial charge in [0.05, 0.1) is 12.9 Å². The number of hydrogen-bond donors (Lipinski definition) is 2. The van der Waals surface area contributed by atoms with E-state index in [2.05, 4.69) is 95.6 Å². The van der Waals surface area contributed by atoms with Crippen molar-refractivity contribution in [1.82, 2.24) is 20.2 Å². The Morgan fingerprint density at radius 1 is 1.03 bits per heavy atom. The van der Waals surface area contributed by atoms with E-state index in [9.17, 15) is 0 Å². The number of imidazole rings is 1. The molecule has 29 heavy (non-hydrogen) atoms. The maximum Gasteiger partial charge on any atom is 0.191 e. The van der Waals surface area contributed by atoms with Gasteiger partial charge in [-0.1, -0.05) is 68.4 Å². The molecule has 0 spiro atoms. The molecule has 2 aromatic carbocycles. The average Bonchev–Trinajstić information content (AvgIpc) is 3.24. The normalized spacial score (nSPS) is 12.0. The lowest BCUT2D eigenvalue weighted by molar-refractivity contribution is 0.508. The largest absolute Gasteiger partial charge is 0.357 e. The van der Waals surface area contributed by atoms with Gasteiger partial charge in [0.1, 0.15) is 0 Å². The molecule has 0 atom stereocenters. The molecule has 0 saturated heterocycles. The minimum absolute atomic E-state index is 0.0160. The molecule has 2 N–H and O–H groups in total. The van der Waals surface area contributed by atoms with Crippen LogP contribution in [0.15, 0.2) is 78.3 Å². The maximum absolute atomic E-state index is 4.79. The fourth-order valence-corrected chi connectivity index (χ4v) is 3.23. The number of nitrogens with zero attached hydrogens (tertiary/aromatic N) is 3. The molecule has 0 aliphatic rings. The minimum Gasteiger partial charge on any atom is -0.357 e. The first kappa shape index (κ1) is 20.6. The lowest BCUT2D eigenvalue weighted by atomic mass is 9.85. The standard InChI is InChI=1S/C24H31N5/c1-4-26-23(28-18-24(2,3)22-11-6-5-7-12-22)27-16-20-9-8-10-21(15-20)17-29-14-13-25-19-29/h5-15,19H,4,16-18H2,1-3H3,(H2,26,27,28). The monoisotopic (exact) mass is 389 g/mol. The Kier molecular flexibility index (Phi) is 7.06. The molecule has 152 valence electrons. The van der Waals surface area contributed by atoms with Crippen molar-refractivity contribution >= 4 is 5.96 Å². The zero-order valence-electron chi connectivity index (χ0n) is 17.6. The molecule has 0 aliphatic heterocycles. The van der Waals surface area contributed by atoms with Crippen molar-refractivity contribution in [1.29, 1.82) is 0 Å². The highest BCUT2D eigenvalue weighted by molar-refractivity contribution is 5.79. The molecule has 0 amide bonds. The average molecular weight is 390 g/mol. The van der Waals surface area contributed by atoms with Crippen LogP contribution in [0.4, 0.5) is 0 Å². The summed E-state index contributed by atoms with van der Waals surface area (Å²) >= 11 is 0. The SMILES string of the molecule is CCNC(=NCc1cccc(Cn2ccnc2)c1)NCC(C)(C)c1ccccc1. The first-order chi connectivity index (χ1) is 14.1. The number of aliphatic imine (C=N–C) groups is 1. The molecule has 5 nitrogen and oxygen atoms in total. The predicted molar refractivity (Wildman–Crippen MR) is 120 cm³/mol. The molecule has 1 aromatic heterocycles. The van der Waals surface area contributed by atoms with Gasteiger partial charge in [-0.15, -0.1) is 0 Å². The zero-order valence-corrected chi connectivity index (χ0v) is 17.6. The summed E-state index contributed by atoms with van der Waals surface area (Å²) in [5, 5.41) is 6.86. The molecule has 0 aliphatic carbocycles. The summed E-state index contributed by atoms with van der Waals surface area (Å²) in [5.41, 5.74) is 3.78. The van der Waals surface area contributed by atoms with Crippen LogP contribution in [0, 0.1) is 0 Å². The van der Waals surface area contributed by atoms with E-state index in [0.717, 1.165) is 25.6 Å². The Morgan fingerprint density at radius 2 is 1.83 bits per heavy atom. The van der Waals surface area contributed by atoms with Crippen LogP contribution in [-0.4, -0.2) is 28.6 Å². The molecular formula is C24H31N5. The van der Waals surface area contributed by atoms with Gasteiger partial charge in [0.15, 0.2) is 5.96 Å². The van der Waals surface area contributed by atoms with Gasteiger partial charge in [-0.25, -0.2) is 9.98 Å². The van der Waals surface area contributed by atoms with Crippen LogP contribution in [-0.2, 0) is 18.5 Å². The molecule has 0 bridgehead atoms. The summed E-state index contributed by atoms with van der Waals surface area (Å²) in [6.45, 7) is 9.68. The fourth-order valence-electron chi connectivity index (χ4n) is 3.23. The highest BCUT2D eigenvalue weighted by Crippen LogP contribution is 2.21. The third kappa shape index (κ3) is 6.21. The summed E-state index contributed by atoms with van der Waals surface area (Å²) in [7, 11) is 0. The number of rotatable bonds is 8. The highest BCUT2D eigenvalue weighted by Gasteiger charge is 2.20. The second kappa shape index (κ2) is 9.92. The maximum atomic E-state index is 4.79. The van der Waals surface area contributed by atoms with Crippen LogP contribution in [0.2, 0.25) is 0 Å². The van der Waals surface area contributed by atoms with Gasteiger partial charge in [0, 0.05) is 37.4 Å². The molecule has 0 radical (unpaired) electrons. The van der Waals surface area contributed by atoms with Gasteiger partial charge in [0.2, 0.25) is 0 Å². The Bertz CT molecular complexity index is 898. The smallest absolute Gasteiger partial charge is 0.191 e. The van der Waals surface area contributed by atoms with Crippen molar-refractivity contribution in [2.24, 2.45) is 4.99 Å². The third-order valence-electron chi connectivity index (χ3n) is 4.93. The van der Waals surface area contributed by atoms with Gasteiger partial charge < -0.3 is 15.2 Å². The predicted octanol–water partition coefficient (Wildman–Crippen LogP) is 3.96. The second-order valence-corrected chi connectivity index (χ2v) is 7.85. The van der Waals surface area contributed by atoms with Crippen molar-refractivity contribution < 1.29 is 0 Å².